The van der Waals surface area contributed by atoms with Gasteiger partial charge >= 0.3 is 5.97 Å². The fourth-order valence-corrected chi connectivity index (χ4v) is 2.88. The molecule has 0 fully saturated rings. The normalized spacial score (nSPS) is 19.0. The molecule has 1 aromatic heterocycles. The summed E-state index contributed by atoms with van der Waals surface area (Å²) in [5.41, 5.74) is 4.20. The van der Waals surface area contributed by atoms with Gasteiger partial charge in [-0.15, -0.1) is 0 Å². The number of fused-ring (bicyclic) bond motifs is 1. The summed E-state index contributed by atoms with van der Waals surface area (Å²) in [5, 5.41) is 17.0. The molecule has 3 rings (SSSR count). The van der Waals surface area contributed by atoms with Gasteiger partial charge in [0.25, 0.3) is 0 Å². The van der Waals surface area contributed by atoms with Crippen LogP contribution in [0.2, 0.25) is 0 Å². The van der Waals surface area contributed by atoms with Gasteiger partial charge in [0.2, 0.25) is 0 Å². The van der Waals surface area contributed by atoms with E-state index < -0.39 is 11.9 Å². The fourth-order valence-electron chi connectivity index (χ4n) is 2.88. The summed E-state index contributed by atoms with van der Waals surface area (Å²) in [6, 6.07) is 10.3. The van der Waals surface area contributed by atoms with Crippen molar-refractivity contribution in [1.29, 1.82) is 0 Å². The van der Waals surface area contributed by atoms with E-state index >= 15 is 0 Å². The Kier molecular flexibility index (Phi) is 3.51. The van der Waals surface area contributed by atoms with Crippen molar-refractivity contribution in [3.05, 3.63) is 52.8 Å². The zero-order valence-corrected chi connectivity index (χ0v) is 12.2. The minimum atomic E-state index is -0.850. The maximum absolute atomic E-state index is 11.1. The minimum absolute atomic E-state index is 0.0715. The number of carboxylic acids is 1. The van der Waals surface area contributed by atoms with Crippen LogP contribution in [0.25, 0.3) is 0 Å². The van der Waals surface area contributed by atoms with Crippen molar-refractivity contribution >= 4 is 5.97 Å². The Bertz CT molecular complexity index is 678. The van der Waals surface area contributed by atoms with Gasteiger partial charge in [0, 0.05) is 13.6 Å². The minimum Gasteiger partial charge on any atom is -0.481 e. The van der Waals surface area contributed by atoms with Gasteiger partial charge in [0.15, 0.2) is 0 Å². The first-order valence-electron chi connectivity index (χ1n) is 7.15. The van der Waals surface area contributed by atoms with Gasteiger partial charge in [0.05, 0.1) is 23.3 Å². The van der Waals surface area contributed by atoms with E-state index in [1.165, 1.54) is 11.1 Å². The summed E-state index contributed by atoms with van der Waals surface area (Å²) in [7, 11) is 1.87. The molecule has 0 radical (unpaired) electrons. The summed E-state index contributed by atoms with van der Waals surface area (Å²) < 4.78 is 1.79. The molecular weight excluding hydrogens is 266 g/mol. The van der Waals surface area contributed by atoms with Crippen LogP contribution in [0.5, 0.6) is 0 Å². The predicted octanol–water partition coefficient (Wildman–Crippen LogP) is 1.84. The van der Waals surface area contributed by atoms with Crippen LogP contribution in [0.3, 0.4) is 0 Å². The Morgan fingerprint density at radius 2 is 2.24 bits per heavy atom. The molecule has 0 bridgehead atoms. The Morgan fingerprint density at radius 3 is 3.00 bits per heavy atom. The zero-order valence-electron chi connectivity index (χ0n) is 12.2. The van der Waals surface area contributed by atoms with E-state index in [-0.39, 0.29) is 6.04 Å². The first-order valence-corrected chi connectivity index (χ1v) is 7.15. The standard InChI is InChI=1S/C16H19N3O2/c1-10(16(20)21)13-9-14(19(2)18-13)15-12-6-4-3-5-11(12)7-8-17-15/h3-6,9-10,15,17H,7-8H2,1-2H3,(H,20,21). The Balaban J connectivity index is 2.00. The average molecular weight is 285 g/mol. The van der Waals surface area contributed by atoms with Crippen LogP contribution < -0.4 is 5.32 Å². The van der Waals surface area contributed by atoms with Crippen LogP contribution in [-0.2, 0) is 18.3 Å². The average Bonchev–Trinajstić information content (AvgIpc) is 2.87. The quantitative estimate of drug-likeness (QED) is 0.903. The summed E-state index contributed by atoms with van der Waals surface area (Å²) in [6.07, 6.45) is 1.02. The van der Waals surface area contributed by atoms with Gasteiger partial charge in [0.1, 0.15) is 0 Å². The first-order chi connectivity index (χ1) is 10.1. The third-order valence-corrected chi connectivity index (χ3v) is 4.15. The SMILES string of the molecule is CC(C(=O)O)c1cc(C2NCCc3ccccc32)n(C)n1. The topological polar surface area (TPSA) is 67.2 Å². The molecule has 1 aromatic carbocycles. The van der Waals surface area contributed by atoms with Crippen molar-refractivity contribution < 1.29 is 9.90 Å². The van der Waals surface area contributed by atoms with Crippen LogP contribution in [0.4, 0.5) is 0 Å². The molecule has 21 heavy (non-hydrogen) atoms. The van der Waals surface area contributed by atoms with Crippen molar-refractivity contribution in [3.8, 4) is 0 Å². The van der Waals surface area contributed by atoms with E-state index in [0.717, 1.165) is 18.7 Å². The summed E-state index contributed by atoms with van der Waals surface area (Å²) in [5.74, 6) is -1.44. The van der Waals surface area contributed by atoms with E-state index in [9.17, 15) is 4.79 Å². The number of hydrogen-bond donors (Lipinski definition) is 2. The third kappa shape index (κ3) is 2.45. The molecule has 1 aliphatic heterocycles. The molecule has 5 nitrogen and oxygen atoms in total. The van der Waals surface area contributed by atoms with Crippen molar-refractivity contribution in [2.24, 2.45) is 7.05 Å². The molecule has 1 aliphatic rings. The van der Waals surface area contributed by atoms with Crippen molar-refractivity contribution in [2.45, 2.75) is 25.3 Å². The van der Waals surface area contributed by atoms with Crippen LogP contribution in [0.15, 0.2) is 30.3 Å². The highest BCUT2D eigenvalue weighted by molar-refractivity contribution is 5.74. The highest BCUT2D eigenvalue weighted by Gasteiger charge is 2.26. The number of hydrogen-bond acceptors (Lipinski definition) is 3. The molecule has 110 valence electrons. The van der Waals surface area contributed by atoms with Crippen LogP contribution in [-0.4, -0.2) is 27.4 Å². The fraction of sp³-hybridized carbons (Fsp3) is 0.375. The maximum atomic E-state index is 11.1. The van der Waals surface area contributed by atoms with Gasteiger partial charge < -0.3 is 10.4 Å². The maximum Gasteiger partial charge on any atom is 0.312 e. The lowest BCUT2D eigenvalue weighted by Gasteiger charge is -2.26. The smallest absolute Gasteiger partial charge is 0.312 e. The molecule has 0 saturated heterocycles. The Labute approximate surface area is 123 Å². The van der Waals surface area contributed by atoms with Crippen LogP contribution in [0, 0.1) is 0 Å². The van der Waals surface area contributed by atoms with Gasteiger partial charge in [-0.05, 0) is 30.5 Å². The number of aryl methyl sites for hydroxylation is 1. The molecule has 5 heteroatoms. The predicted molar refractivity (Wildman–Crippen MR) is 79.3 cm³/mol. The van der Waals surface area contributed by atoms with Gasteiger partial charge in [-0.2, -0.15) is 5.10 Å². The number of aliphatic carboxylic acids is 1. The van der Waals surface area contributed by atoms with E-state index in [2.05, 4.69) is 28.6 Å². The van der Waals surface area contributed by atoms with E-state index in [0.29, 0.717) is 5.69 Å². The largest absolute Gasteiger partial charge is 0.481 e. The lowest BCUT2D eigenvalue weighted by Crippen LogP contribution is -2.31. The second kappa shape index (κ2) is 5.33. The first kappa shape index (κ1) is 13.8. The van der Waals surface area contributed by atoms with Gasteiger partial charge in [-0.3, -0.25) is 9.48 Å². The second-order valence-corrected chi connectivity index (χ2v) is 5.51. The number of carboxylic acid groups (broad SMARTS) is 1. The van der Waals surface area contributed by atoms with Gasteiger partial charge in [-0.1, -0.05) is 24.3 Å². The number of nitrogens with zero attached hydrogens (tertiary/aromatic N) is 2. The Morgan fingerprint density at radius 1 is 1.48 bits per heavy atom. The lowest BCUT2D eigenvalue weighted by molar-refractivity contribution is -0.138. The summed E-state index contributed by atoms with van der Waals surface area (Å²) in [4.78, 5) is 11.1. The van der Waals surface area contributed by atoms with E-state index in [1.54, 1.807) is 11.6 Å². The molecule has 0 aliphatic carbocycles. The van der Waals surface area contributed by atoms with Crippen LogP contribution >= 0.6 is 0 Å². The molecule has 0 saturated carbocycles. The zero-order chi connectivity index (χ0) is 15.0. The van der Waals surface area contributed by atoms with E-state index in [4.69, 9.17) is 5.11 Å². The van der Waals surface area contributed by atoms with Gasteiger partial charge in [-0.25, -0.2) is 0 Å². The number of benzene rings is 1. The number of carbonyl (C=O) groups is 1. The second-order valence-electron chi connectivity index (χ2n) is 5.51. The van der Waals surface area contributed by atoms with E-state index in [1.807, 2.05) is 19.2 Å². The summed E-state index contributed by atoms with van der Waals surface area (Å²) >= 11 is 0. The molecule has 0 amide bonds. The molecule has 2 heterocycles. The lowest BCUT2D eigenvalue weighted by atomic mass is 9.92. The van der Waals surface area contributed by atoms with Crippen LogP contribution in [0.1, 0.15) is 41.4 Å². The molecule has 0 spiro atoms. The van der Waals surface area contributed by atoms with Crippen molar-refractivity contribution in [1.82, 2.24) is 15.1 Å². The molecule has 2 aromatic rings. The molecule has 2 N–H and O–H groups in total. The van der Waals surface area contributed by atoms with Crippen molar-refractivity contribution in [2.75, 3.05) is 6.54 Å². The number of nitrogens with one attached hydrogen (secondary N) is 1. The van der Waals surface area contributed by atoms with Crippen molar-refractivity contribution in [3.63, 3.8) is 0 Å². The number of rotatable bonds is 3. The monoisotopic (exact) mass is 285 g/mol. The highest BCUT2D eigenvalue weighted by Crippen LogP contribution is 2.29. The summed E-state index contributed by atoms with van der Waals surface area (Å²) in [6.45, 7) is 2.58. The number of aromatic nitrogens is 2. The molecule has 2 atom stereocenters. The molecule has 2 unspecified atom stereocenters. The Hall–Kier alpha value is -2.14. The molecular formula is C16H19N3O2. The highest BCUT2D eigenvalue weighted by atomic mass is 16.4. The third-order valence-electron chi connectivity index (χ3n) is 4.15.